The van der Waals surface area contributed by atoms with Gasteiger partial charge in [-0.2, -0.15) is 0 Å². The molecule has 156 valence electrons. The van der Waals surface area contributed by atoms with Crippen molar-refractivity contribution in [3.05, 3.63) is 94.5 Å². The SMILES string of the molecule is CC(NC(=O)CN(c1cc(Cl)ccc1Cl)S(=O)(=O)c1ccccc1)c1ccccc1. The molecule has 0 aliphatic heterocycles. The summed E-state index contributed by atoms with van der Waals surface area (Å²) < 4.78 is 27.6. The summed E-state index contributed by atoms with van der Waals surface area (Å²) in [5, 5.41) is 3.31. The van der Waals surface area contributed by atoms with E-state index in [0.29, 0.717) is 5.02 Å². The molecule has 0 aliphatic carbocycles. The Morgan fingerprint density at radius 1 is 0.967 bits per heavy atom. The first-order valence-corrected chi connectivity index (χ1v) is 11.4. The lowest BCUT2D eigenvalue weighted by molar-refractivity contribution is -0.120. The Morgan fingerprint density at radius 2 is 1.57 bits per heavy atom. The zero-order chi connectivity index (χ0) is 21.7. The molecule has 3 rings (SSSR count). The number of amides is 1. The van der Waals surface area contributed by atoms with Crippen molar-refractivity contribution in [3.63, 3.8) is 0 Å². The van der Waals surface area contributed by atoms with Gasteiger partial charge in [0, 0.05) is 5.02 Å². The van der Waals surface area contributed by atoms with Crippen molar-refractivity contribution in [1.82, 2.24) is 5.32 Å². The molecule has 0 heterocycles. The molecule has 0 bridgehead atoms. The average molecular weight is 463 g/mol. The highest BCUT2D eigenvalue weighted by Gasteiger charge is 2.29. The van der Waals surface area contributed by atoms with Gasteiger partial charge in [0.15, 0.2) is 0 Å². The van der Waals surface area contributed by atoms with Crippen LogP contribution in [0.25, 0.3) is 0 Å². The van der Waals surface area contributed by atoms with Gasteiger partial charge in [0.2, 0.25) is 5.91 Å². The van der Waals surface area contributed by atoms with Crippen molar-refractivity contribution >= 4 is 44.8 Å². The number of halogens is 2. The predicted octanol–water partition coefficient (Wildman–Crippen LogP) is 5.07. The maximum Gasteiger partial charge on any atom is 0.264 e. The van der Waals surface area contributed by atoms with Gasteiger partial charge in [0.25, 0.3) is 10.0 Å². The Morgan fingerprint density at radius 3 is 2.20 bits per heavy atom. The van der Waals surface area contributed by atoms with Crippen LogP contribution in [0, 0.1) is 0 Å². The van der Waals surface area contributed by atoms with Gasteiger partial charge < -0.3 is 5.32 Å². The number of rotatable bonds is 7. The molecular weight excluding hydrogens is 443 g/mol. The maximum atomic E-state index is 13.3. The zero-order valence-electron chi connectivity index (χ0n) is 16.1. The minimum Gasteiger partial charge on any atom is -0.348 e. The molecule has 0 fully saturated rings. The number of nitrogens with one attached hydrogen (secondary N) is 1. The fraction of sp³-hybridized carbons (Fsp3) is 0.136. The van der Waals surface area contributed by atoms with Crippen LogP contribution in [0.3, 0.4) is 0 Å². The molecule has 0 aliphatic rings. The van der Waals surface area contributed by atoms with E-state index in [1.807, 2.05) is 37.3 Å². The minimum absolute atomic E-state index is 0.0463. The second kappa shape index (κ2) is 9.51. The van der Waals surface area contributed by atoms with E-state index >= 15 is 0 Å². The van der Waals surface area contributed by atoms with Gasteiger partial charge in [-0.15, -0.1) is 0 Å². The molecule has 0 aromatic heterocycles. The van der Waals surface area contributed by atoms with E-state index in [1.54, 1.807) is 24.3 Å². The zero-order valence-corrected chi connectivity index (χ0v) is 18.5. The summed E-state index contributed by atoms with van der Waals surface area (Å²) in [7, 11) is -4.06. The molecule has 1 amide bonds. The molecule has 0 radical (unpaired) electrons. The fourth-order valence-corrected chi connectivity index (χ4v) is 4.83. The summed E-state index contributed by atoms with van der Waals surface area (Å²) in [6.45, 7) is 1.38. The number of carbonyl (C=O) groups excluding carboxylic acids is 1. The van der Waals surface area contributed by atoms with Crippen LogP contribution in [0.1, 0.15) is 18.5 Å². The molecular formula is C22H20Cl2N2O3S. The Bertz CT molecular complexity index is 1120. The van der Waals surface area contributed by atoms with E-state index in [-0.39, 0.29) is 21.6 Å². The molecule has 0 spiro atoms. The summed E-state index contributed by atoms with van der Waals surface area (Å²) in [6, 6.07) is 21.4. The van der Waals surface area contributed by atoms with E-state index < -0.39 is 22.5 Å². The van der Waals surface area contributed by atoms with Gasteiger partial charge in [-0.3, -0.25) is 9.10 Å². The van der Waals surface area contributed by atoms with Crippen molar-refractivity contribution in [3.8, 4) is 0 Å². The Kier molecular flexibility index (Phi) is 7.02. The van der Waals surface area contributed by atoms with Gasteiger partial charge in [-0.05, 0) is 42.8 Å². The molecule has 1 N–H and O–H groups in total. The van der Waals surface area contributed by atoms with E-state index in [0.717, 1.165) is 9.87 Å². The normalized spacial score (nSPS) is 12.2. The number of hydrogen-bond acceptors (Lipinski definition) is 3. The first-order chi connectivity index (χ1) is 14.3. The quantitative estimate of drug-likeness (QED) is 0.532. The van der Waals surface area contributed by atoms with Crippen molar-refractivity contribution in [1.29, 1.82) is 0 Å². The number of anilines is 1. The van der Waals surface area contributed by atoms with Crippen LogP contribution in [0.15, 0.2) is 83.8 Å². The van der Waals surface area contributed by atoms with Gasteiger partial charge >= 0.3 is 0 Å². The summed E-state index contributed by atoms with van der Waals surface area (Å²) in [5.41, 5.74) is 1.04. The molecule has 3 aromatic rings. The average Bonchev–Trinajstić information content (AvgIpc) is 2.75. The van der Waals surface area contributed by atoms with Crippen LogP contribution in [-0.2, 0) is 14.8 Å². The van der Waals surface area contributed by atoms with Gasteiger partial charge in [0.1, 0.15) is 6.54 Å². The molecule has 8 heteroatoms. The molecule has 1 unspecified atom stereocenters. The van der Waals surface area contributed by atoms with Crippen LogP contribution < -0.4 is 9.62 Å². The number of carbonyl (C=O) groups is 1. The van der Waals surface area contributed by atoms with Crippen molar-refractivity contribution in [2.24, 2.45) is 0 Å². The Labute approximate surface area is 186 Å². The number of hydrogen-bond donors (Lipinski definition) is 1. The van der Waals surface area contributed by atoms with Crippen LogP contribution in [0.5, 0.6) is 0 Å². The minimum atomic E-state index is -4.06. The third kappa shape index (κ3) is 5.14. The topological polar surface area (TPSA) is 66.5 Å². The third-order valence-corrected chi connectivity index (χ3v) is 6.80. The predicted molar refractivity (Wildman–Crippen MR) is 120 cm³/mol. The van der Waals surface area contributed by atoms with E-state index in [2.05, 4.69) is 5.32 Å². The summed E-state index contributed by atoms with van der Waals surface area (Å²) in [6.07, 6.45) is 0. The lowest BCUT2D eigenvalue weighted by atomic mass is 10.1. The smallest absolute Gasteiger partial charge is 0.264 e. The second-order valence-corrected chi connectivity index (χ2v) is 9.33. The molecule has 0 saturated heterocycles. The second-order valence-electron chi connectivity index (χ2n) is 6.62. The van der Waals surface area contributed by atoms with Crippen molar-refractivity contribution < 1.29 is 13.2 Å². The summed E-state index contributed by atoms with van der Waals surface area (Å²) in [5.74, 6) is -0.470. The van der Waals surface area contributed by atoms with E-state index in [9.17, 15) is 13.2 Å². The summed E-state index contributed by atoms with van der Waals surface area (Å²) >= 11 is 12.4. The molecule has 5 nitrogen and oxygen atoms in total. The Hall–Kier alpha value is -2.54. The molecule has 30 heavy (non-hydrogen) atoms. The van der Waals surface area contributed by atoms with Gasteiger partial charge in [0.05, 0.1) is 21.6 Å². The highest BCUT2D eigenvalue weighted by atomic mass is 35.5. The number of benzene rings is 3. The number of sulfonamides is 1. The third-order valence-electron chi connectivity index (χ3n) is 4.47. The van der Waals surface area contributed by atoms with Crippen molar-refractivity contribution in [2.45, 2.75) is 17.9 Å². The van der Waals surface area contributed by atoms with E-state index in [4.69, 9.17) is 23.2 Å². The van der Waals surface area contributed by atoms with Gasteiger partial charge in [-0.25, -0.2) is 8.42 Å². The fourth-order valence-electron chi connectivity index (χ4n) is 2.94. The van der Waals surface area contributed by atoms with Crippen LogP contribution in [0.4, 0.5) is 5.69 Å². The standard InChI is InChI=1S/C22H20Cl2N2O3S/c1-16(17-8-4-2-5-9-17)25-22(27)15-26(21-14-18(23)12-13-20(21)24)30(28,29)19-10-6-3-7-11-19/h2-14,16H,15H2,1H3,(H,25,27). The largest absolute Gasteiger partial charge is 0.348 e. The van der Waals surface area contributed by atoms with Crippen molar-refractivity contribution in [2.75, 3.05) is 10.8 Å². The van der Waals surface area contributed by atoms with Crippen LogP contribution >= 0.6 is 23.2 Å². The monoisotopic (exact) mass is 462 g/mol. The highest BCUT2D eigenvalue weighted by Crippen LogP contribution is 2.33. The first-order valence-electron chi connectivity index (χ1n) is 9.16. The lowest BCUT2D eigenvalue weighted by Gasteiger charge is -2.26. The lowest BCUT2D eigenvalue weighted by Crippen LogP contribution is -2.41. The van der Waals surface area contributed by atoms with Gasteiger partial charge in [-0.1, -0.05) is 71.7 Å². The van der Waals surface area contributed by atoms with Crippen LogP contribution in [-0.4, -0.2) is 20.9 Å². The first kappa shape index (κ1) is 22.2. The Balaban J connectivity index is 1.94. The molecule has 0 saturated carbocycles. The molecule has 3 aromatic carbocycles. The van der Waals surface area contributed by atoms with Crippen LogP contribution in [0.2, 0.25) is 10.0 Å². The summed E-state index contributed by atoms with van der Waals surface area (Å²) in [4.78, 5) is 12.8. The maximum absolute atomic E-state index is 13.3. The molecule has 1 atom stereocenters. The highest BCUT2D eigenvalue weighted by molar-refractivity contribution is 7.92. The van der Waals surface area contributed by atoms with E-state index in [1.165, 1.54) is 24.3 Å². The number of nitrogens with zero attached hydrogens (tertiary/aromatic N) is 1.